The molecule has 88 valence electrons. The van der Waals surface area contributed by atoms with Gasteiger partial charge in [0.15, 0.2) is 28.8 Å². The molecule has 0 aliphatic carbocycles. The molecule has 0 radical (unpaired) electrons. The Labute approximate surface area is 116 Å². The number of carbonyl (C=O) groups is 1. The summed E-state index contributed by atoms with van der Waals surface area (Å²) < 4.78 is 5.10. The van der Waals surface area contributed by atoms with Gasteiger partial charge in [0.05, 0.1) is 5.56 Å². The molecule has 0 aliphatic rings. The summed E-state index contributed by atoms with van der Waals surface area (Å²) in [4.78, 5) is 15.1. The molecule has 6 heteroatoms. The summed E-state index contributed by atoms with van der Waals surface area (Å²) in [5, 5.41) is 10.1. The number of carboxylic acid groups (broad SMARTS) is 1. The van der Waals surface area contributed by atoms with Crippen LogP contribution in [0, 0.1) is 6.92 Å². The molecule has 0 unspecified atom stereocenters. The Bertz CT molecular complexity index is 615. The van der Waals surface area contributed by atoms with Gasteiger partial charge in [0, 0.05) is 5.39 Å². The second-order valence-corrected chi connectivity index (χ2v) is 4.32. The first kappa shape index (κ1) is 12.4. The van der Waals surface area contributed by atoms with E-state index in [1.165, 1.54) is 6.07 Å². The molecule has 0 saturated heterocycles. The maximum Gasteiger partial charge on any atom is 0.335 e. The van der Waals surface area contributed by atoms with Crippen LogP contribution in [0.1, 0.15) is 15.9 Å². The highest BCUT2D eigenvalue weighted by Gasteiger charge is 2.12. The fraction of sp³-hybridized carbons (Fsp3) is 0.0909. The van der Waals surface area contributed by atoms with Crippen LogP contribution >= 0.6 is 34.6 Å². The van der Waals surface area contributed by atoms with Crippen molar-refractivity contribution in [1.82, 2.24) is 4.98 Å². The number of aromatic carboxylic acids is 1. The first-order valence-corrected chi connectivity index (χ1v) is 5.91. The van der Waals surface area contributed by atoms with Crippen molar-refractivity contribution in [2.45, 2.75) is 6.92 Å². The molecule has 1 aromatic carbocycles. The van der Waals surface area contributed by atoms with Gasteiger partial charge in [-0.15, -0.1) is 0 Å². The third kappa shape index (κ3) is 2.30. The lowest BCUT2D eigenvalue weighted by Gasteiger charge is -2.07. The maximum atomic E-state index is 11.0. The first-order chi connectivity index (χ1) is 8.02. The zero-order valence-corrected chi connectivity index (χ0v) is 11.6. The monoisotopic (exact) mass is 363 g/mol. The molecule has 0 bridgehead atoms. The lowest BCUT2D eigenvalue weighted by Crippen LogP contribution is -1.98. The normalized spacial score (nSPS) is 10.5. The van der Waals surface area contributed by atoms with Gasteiger partial charge >= 0.3 is 5.97 Å². The number of hydrogen-bond acceptors (Lipinski definition) is 3. The highest BCUT2D eigenvalue weighted by Crippen LogP contribution is 2.30. The van der Waals surface area contributed by atoms with E-state index in [0.717, 1.165) is 5.56 Å². The molecule has 1 N–H and O–H groups in total. The van der Waals surface area contributed by atoms with Crippen molar-refractivity contribution in [3.8, 4) is 5.75 Å². The molecule has 0 amide bonds. The van der Waals surface area contributed by atoms with Crippen molar-refractivity contribution in [1.29, 1.82) is 0 Å². The Morgan fingerprint density at radius 1 is 1.47 bits per heavy atom. The average molecular weight is 364 g/mol. The number of aryl methyl sites for hydroxylation is 1. The molecule has 4 nitrogen and oxygen atoms in total. The predicted octanol–water partition coefficient (Wildman–Crippen LogP) is 3.62. The van der Waals surface area contributed by atoms with E-state index in [1.54, 1.807) is 35.1 Å². The van der Waals surface area contributed by atoms with Crippen molar-refractivity contribution >= 4 is 51.5 Å². The zero-order valence-electron chi connectivity index (χ0n) is 8.70. The van der Waals surface area contributed by atoms with Crippen molar-refractivity contribution < 1.29 is 13.0 Å². The number of halogens is 2. The minimum atomic E-state index is -1.01. The van der Waals surface area contributed by atoms with Gasteiger partial charge in [-0.1, -0.05) is 11.6 Å². The molecule has 17 heavy (non-hydrogen) atoms. The number of rotatable bonds is 2. The summed E-state index contributed by atoms with van der Waals surface area (Å²) in [5.41, 5.74) is 1.51. The van der Waals surface area contributed by atoms with Gasteiger partial charge in [-0.2, -0.15) is 0 Å². The van der Waals surface area contributed by atoms with Gasteiger partial charge in [0.1, 0.15) is 10.7 Å². The molecule has 0 spiro atoms. The van der Waals surface area contributed by atoms with Crippen molar-refractivity contribution in [2.24, 2.45) is 0 Å². The van der Waals surface area contributed by atoms with E-state index in [2.05, 4.69) is 4.98 Å². The fourth-order valence-electron chi connectivity index (χ4n) is 1.52. The molecular formula is C11H7ClINO3. The van der Waals surface area contributed by atoms with Crippen LogP contribution in [0.2, 0.25) is 5.15 Å². The lowest BCUT2D eigenvalue weighted by atomic mass is 10.1. The maximum absolute atomic E-state index is 11.0. The molecule has 0 fully saturated rings. The standard InChI is InChI=1S/C11H7ClINO3/c1-5-2-6-3-7(11(15)16)4-8(17-13)9(6)14-10(5)12/h2-4H,1H3,(H,15,16). The summed E-state index contributed by atoms with van der Waals surface area (Å²) in [6.07, 6.45) is 0. The van der Waals surface area contributed by atoms with E-state index in [0.29, 0.717) is 21.8 Å². The van der Waals surface area contributed by atoms with Crippen LogP contribution in [-0.2, 0) is 0 Å². The largest absolute Gasteiger partial charge is 0.478 e. The molecule has 2 rings (SSSR count). The van der Waals surface area contributed by atoms with Crippen LogP contribution in [0.15, 0.2) is 18.2 Å². The Hall–Kier alpha value is -1.08. The van der Waals surface area contributed by atoms with Crippen LogP contribution < -0.4 is 3.07 Å². The smallest absolute Gasteiger partial charge is 0.335 e. The van der Waals surface area contributed by atoms with Crippen molar-refractivity contribution in [3.05, 3.63) is 34.5 Å². The van der Waals surface area contributed by atoms with E-state index >= 15 is 0 Å². The quantitative estimate of drug-likeness (QED) is 0.654. The van der Waals surface area contributed by atoms with Crippen LogP contribution in [-0.4, -0.2) is 16.1 Å². The minimum absolute atomic E-state index is 0.160. The third-order valence-corrected chi connectivity index (χ3v) is 3.20. The summed E-state index contributed by atoms with van der Waals surface area (Å²) in [5.74, 6) is -0.614. The first-order valence-electron chi connectivity index (χ1n) is 4.65. The molecule has 0 saturated carbocycles. The lowest BCUT2D eigenvalue weighted by molar-refractivity contribution is 0.0697. The minimum Gasteiger partial charge on any atom is -0.478 e. The molecule has 2 aromatic rings. The number of aromatic nitrogens is 1. The second kappa shape index (κ2) is 4.66. The molecule has 0 atom stereocenters. The molecule has 0 aliphatic heterocycles. The topological polar surface area (TPSA) is 59.4 Å². The number of benzene rings is 1. The number of pyridine rings is 1. The average Bonchev–Trinajstić information content (AvgIpc) is 2.29. The highest BCUT2D eigenvalue weighted by molar-refractivity contribution is 14.1. The molecular weight excluding hydrogens is 356 g/mol. The SMILES string of the molecule is Cc1cc2cc(C(=O)O)cc(OI)c2nc1Cl. The summed E-state index contributed by atoms with van der Waals surface area (Å²) in [7, 11) is 0. The van der Waals surface area contributed by atoms with Gasteiger partial charge in [-0.3, -0.25) is 0 Å². The van der Waals surface area contributed by atoms with Crippen LogP contribution in [0.4, 0.5) is 0 Å². The Kier molecular flexibility index (Phi) is 3.39. The van der Waals surface area contributed by atoms with Gasteiger partial charge in [-0.25, -0.2) is 9.78 Å². The Morgan fingerprint density at radius 3 is 2.76 bits per heavy atom. The number of fused-ring (bicyclic) bond motifs is 1. The Balaban J connectivity index is 2.82. The number of hydrogen-bond donors (Lipinski definition) is 1. The fourth-order valence-corrected chi connectivity index (χ4v) is 2.00. The van der Waals surface area contributed by atoms with E-state index < -0.39 is 5.97 Å². The van der Waals surface area contributed by atoms with E-state index in [4.69, 9.17) is 19.8 Å². The molecule has 1 heterocycles. The van der Waals surface area contributed by atoms with Gasteiger partial charge in [-0.05, 0) is 30.7 Å². The Morgan fingerprint density at radius 2 is 2.18 bits per heavy atom. The number of carboxylic acids is 1. The summed E-state index contributed by atoms with van der Waals surface area (Å²) in [6.45, 7) is 1.81. The van der Waals surface area contributed by atoms with Crippen LogP contribution in [0.3, 0.4) is 0 Å². The summed E-state index contributed by atoms with van der Waals surface area (Å²) >= 11 is 7.62. The number of nitrogens with zero attached hydrogens (tertiary/aromatic N) is 1. The van der Waals surface area contributed by atoms with Gasteiger partial charge < -0.3 is 8.17 Å². The van der Waals surface area contributed by atoms with E-state index in [-0.39, 0.29) is 5.56 Å². The predicted molar refractivity (Wildman–Crippen MR) is 73.1 cm³/mol. The summed E-state index contributed by atoms with van der Waals surface area (Å²) in [6, 6.07) is 4.76. The second-order valence-electron chi connectivity index (χ2n) is 3.52. The van der Waals surface area contributed by atoms with Crippen LogP contribution in [0.5, 0.6) is 5.75 Å². The van der Waals surface area contributed by atoms with E-state index in [9.17, 15) is 4.79 Å². The van der Waals surface area contributed by atoms with Crippen molar-refractivity contribution in [2.75, 3.05) is 0 Å². The van der Waals surface area contributed by atoms with Gasteiger partial charge in [0.25, 0.3) is 0 Å². The van der Waals surface area contributed by atoms with Gasteiger partial charge in [0.2, 0.25) is 0 Å². The van der Waals surface area contributed by atoms with E-state index in [1.807, 2.05) is 6.92 Å². The zero-order chi connectivity index (χ0) is 12.6. The van der Waals surface area contributed by atoms with Crippen molar-refractivity contribution in [3.63, 3.8) is 0 Å². The highest BCUT2D eigenvalue weighted by atomic mass is 127. The molecule has 1 aromatic heterocycles. The third-order valence-electron chi connectivity index (χ3n) is 2.34. The van der Waals surface area contributed by atoms with Crippen LogP contribution in [0.25, 0.3) is 10.9 Å².